The fourth-order valence-corrected chi connectivity index (χ4v) is 2.70. The predicted octanol–water partition coefficient (Wildman–Crippen LogP) is 3.14. The number of aryl methyl sites for hydroxylation is 2. The van der Waals surface area contributed by atoms with Crippen LogP contribution in [0.4, 0.5) is 0 Å². The number of nitrogens with zero attached hydrogens (tertiary/aromatic N) is 2. The summed E-state index contributed by atoms with van der Waals surface area (Å²) in [5.41, 5.74) is 3.17. The predicted molar refractivity (Wildman–Crippen MR) is 87.7 cm³/mol. The quantitative estimate of drug-likeness (QED) is 0.655. The van der Waals surface area contributed by atoms with Gasteiger partial charge in [0.15, 0.2) is 0 Å². The van der Waals surface area contributed by atoms with E-state index in [2.05, 4.69) is 28.2 Å². The van der Waals surface area contributed by atoms with Crippen molar-refractivity contribution in [3.63, 3.8) is 0 Å². The number of hydrogen-bond acceptors (Lipinski definition) is 5. The summed E-state index contributed by atoms with van der Waals surface area (Å²) in [6.45, 7) is 9.85. The summed E-state index contributed by atoms with van der Waals surface area (Å²) in [7, 11) is 0. The van der Waals surface area contributed by atoms with Crippen LogP contribution in [-0.2, 0) is 4.79 Å². The molecule has 0 aliphatic rings. The zero-order chi connectivity index (χ0) is 16.1. The summed E-state index contributed by atoms with van der Waals surface area (Å²) in [4.78, 5) is 11.8. The van der Waals surface area contributed by atoms with Crippen molar-refractivity contribution >= 4 is 17.7 Å². The van der Waals surface area contributed by atoms with Gasteiger partial charge in [0.1, 0.15) is 0 Å². The van der Waals surface area contributed by atoms with E-state index < -0.39 is 0 Å². The monoisotopic (exact) mass is 317 g/mol. The number of carbonyl (C=O) groups excluding carboxylic acids is 1. The third-order valence-corrected chi connectivity index (χ3v) is 3.88. The molecule has 1 aromatic carbocycles. The van der Waals surface area contributed by atoms with E-state index in [0.717, 1.165) is 16.7 Å². The first-order valence-electron chi connectivity index (χ1n) is 6.97. The maximum Gasteiger partial charge on any atom is 0.277 e. The van der Waals surface area contributed by atoms with E-state index in [-0.39, 0.29) is 11.2 Å². The van der Waals surface area contributed by atoms with Crippen LogP contribution in [0.1, 0.15) is 18.1 Å². The van der Waals surface area contributed by atoms with Crippen LogP contribution in [-0.4, -0.2) is 27.9 Å². The average Bonchev–Trinajstić information content (AvgIpc) is 2.92. The number of aromatic nitrogens is 2. The molecule has 0 aliphatic carbocycles. The van der Waals surface area contributed by atoms with Crippen molar-refractivity contribution in [2.24, 2.45) is 0 Å². The van der Waals surface area contributed by atoms with Crippen molar-refractivity contribution < 1.29 is 9.21 Å². The Morgan fingerprint density at radius 1 is 1.36 bits per heavy atom. The van der Waals surface area contributed by atoms with Crippen LogP contribution in [0.3, 0.4) is 0 Å². The molecule has 1 amide bonds. The molecule has 0 spiro atoms. The maximum absolute atomic E-state index is 11.8. The van der Waals surface area contributed by atoms with Gasteiger partial charge in [-0.3, -0.25) is 4.79 Å². The van der Waals surface area contributed by atoms with E-state index in [9.17, 15) is 4.79 Å². The van der Waals surface area contributed by atoms with Gasteiger partial charge in [-0.2, -0.15) is 0 Å². The molecule has 5 nitrogen and oxygen atoms in total. The van der Waals surface area contributed by atoms with Gasteiger partial charge in [0.25, 0.3) is 5.22 Å². The van der Waals surface area contributed by atoms with Crippen molar-refractivity contribution in [2.45, 2.75) is 31.2 Å². The molecular formula is C16H19N3O2S. The largest absolute Gasteiger partial charge is 0.411 e. The first kappa shape index (κ1) is 16.3. The van der Waals surface area contributed by atoms with Gasteiger partial charge in [-0.05, 0) is 32.9 Å². The summed E-state index contributed by atoms with van der Waals surface area (Å²) in [6, 6.07) is 6.08. The van der Waals surface area contributed by atoms with Crippen LogP contribution in [0, 0.1) is 13.8 Å². The number of benzene rings is 1. The molecule has 22 heavy (non-hydrogen) atoms. The normalized spacial score (nSPS) is 12.0. The SMILES string of the molecule is C=CCNC(=O)[C@H](C)Sc1nnc(-c2cc(C)cc(C)c2)o1. The van der Waals surface area contributed by atoms with Gasteiger partial charge in [0.2, 0.25) is 11.8 Å². The van der Waals surface area contributed by atoms with Gasteiger partial charge in [0.05, 0.1) is 5.25 Å². The lowest BCUT2D eigenvalue weighted by Gasteiger charge is -2.07. The van der Waals surface area contributed by atoms with E-state index in [1.807, 2.05) is 26.0 Å². The van der Waals surface area contributed by atoms with E-state index in [1.165, 1.54) is 11.8 Å². The van der Waals surface area contributed by atoms with Gasteiger partial charge in [-0.25, -0.2) is 0 Å². The van der Waals surface area contributed by atoms with Crippen molar-refractivity contribution in [3.8, 4) is 11.5 Å². The Morgan fingerprint density at radius 2 is 2.05 bits per heavy atom. The topological polar surface area (TPSA) is 68.0 Å². The summed E-state index contributed by atoms with van der Waals surface area (Å²) < 4.78 is 5.65. The maximum atomic E-state index is 11.8. The standard InChI is InChI=1S/C16H19N3O2S/c1-5-6-17-14(20)12(4)22-16-19-18-15(21-16)13-8-10(2)7-11(3)9-13/h5,7-9,12H,1,6H2,2-4H3,(H,17,20)/t12-/m0/s1. The van der Waals surface area contributed by atoms with Gasteiger partial charge in [0, 0.05) is 12.1 Å². The van der Waals surface area contributed by atoms with Gasteiger partial charge < -0.3 is 9.73 Å². The molecule has 0 saturated heterocycles. The van der Waals surface area contributed by atoms with Crippen molar-refractivity contribution in [1.82, 2.24) is 15.5 Å². The summed E-state index contributed by atoms with van der Waals surface area (Å²) >= 11 is 1.24. The molecule has 0 saturated carbocycles. The minimum Gasteiger partial charge on any atom is -0.411 e. The number of amides is 1. The van der Waals surface area contributed by atoms with Crippen LogP contribution in [0.15, 0.2) is 40.5 Å². The first-order chi connectivity index (χ1) is 10.5. The van der Waals surface area contributed by atoms with E-state index in [1.54, 1.807) is 13.0 Å². The van der Waals surface area contributed by atoms with Crippen molar-refractivity contribution in [3.05, 3.63) is 42.0 Å². The fraction of sp³-hybridized carbons (Fsp3) is 0.312. The number of thioether (sulfide) groups is 1. The lowest BCUT2D eigenvalue weighted by molar-refractivity contribution is -0.120. The van der Waals surface area contributed by atoms with Crippen LogP contribution in [0.2, 0.25) is 0 Å². The molecule has 0 bridgehead atoms. The highest BCUT2D eigenvalue weighted by Gasteiger charge is 2.18. The first-order valence-corrected chi connectivity index (χ1v) is 7.85. The molecule has 1 atom stereocenters. The number of nitrogens with one attached hydrogen (secondary N) is 1. The Labute approximate surface area is 134 Å². The molecule has 0 unspecified atom stereocenters. The third kappa shape index (κ3) is 4.21. The van der Waals surface area contributed by atoms with Crippen molar-refractivity contribution in [1.29, 1.82) is 0 Å². The summed E-state index contributed by atoms with van der Waals surface area (Å²) in [5.74, 6) is 0.379. The lowest BCUT2D eigenvalue weighted by Crippen LogP contribution is -2.30. The van der Waals surface area contributed by atoms with Gasteiger partial charge in [-0.1, -0.05) is 35.0 Å². The summed E-state index contributed by atoms with van der Waals surface area (Å²) in [5, 5.41) is 10.9. The Morgan fingerprint density at radius 3 is 2.68 bits per heavy atom. The summed E-state index contributed by atoms with van der Waals surface area (Å²) in [6.07, 6.45) is 1.64. The molecule has 0 fully saturated rings. The van der Waals surface area contributed by atoms with Gasteiger partial charge >= 0.3 is 0 Å². The smallest absolute Gasteiger partial charge is 0.277 e. The van der Waals surface area contributed by atoms with Crippen LogP contribution < -0.4 is 5.32 Å². The fourth-order valence-electron chi connectivity index (χ4n) is 1.99. The highest BCUT2D eigenvalue weighted by atomic mass is 32.2. The van der Waals surface area contributed by atoms with Crippen molar-refractivity contribution in [2.75, 3.05) is 6.54 Å². The zero-order valence-electron chi connectivity index (χ0n) is 12.9. The Kier molecular flexibility index (Phi) is 5.38. The highest BCUT2D eigenvalue weighted by Crippen LogP contribution is 2.27. The number of carbonyl (C=O) groups is 1. The van der Waals surface area contributed by atoms with E-state index in [0.29, 0.717) is 17.7 Å². The number of rotatable bonds is 6. The second kappa shape index (κ2) is 7.26. The number of hydrogen-bond donors (Lipinski definition) is 1. The molecule has 1 aromatic heterocycles. The van der Waals surface area contributed by atoms with E-state index >= 15 is 0 Å². The molecule has 116 valence electrons. The minimum absolute atomic E-state index is 0.0870. The second-order valence-electron chi connectivity index (χ2n) is 5.04. The lowest BCUT2D eigenvalue weighted by atomic mass is 10.1. The Bertz CT molecular complexity index is 662. The van der Waals surface area contributed by atoms with E-state index in [4.69, 9.17) is 4.42 Å². The van der Waals surface area contributed by atoms with Crippen LogP contribution in [0.5, 0.6) is 0 Å². The average molecular weight is 317 g/mol. The van der Waals surface area contributed by atoms with Crippen LogP contribution >= 0.6 is 11.8 Å². The Hall–Kier alpha value is -2.08. The molecule has 1 N–H and O–H groups in total. The molecule has 6 heteroatoms. The Balaban J connectivity index is 2.08. The molecule has 0 radical (unpaired) electrons. The molecule has 1 heterocycles. The van der Waals surface area contributed by atoms with Crippen LogP contribution in [0.25, 0.3) is 11.5 Å². The second-order valence-corrected chi connectivity index (χ2v) is 6.34. The zero-order valence-corrected chi connectivity index (χ0v) is 13.7. The third-order valence-electron chi connectivity index (χ3n) is 2.94. The minimum atomic E-state index is -0.313. The molecule has 0 aliphatic heterocycles. The highest BCUT2D eigenvalue weighted by molar-refractivity contribution is 8.00. The molecule has 2 aromatic rings. The molecular weight excluding hydrogens is 298 g/mol. The molecule has 2 rings (SSSR count). The van der Waals surface area contributed by atoms with Gasteiger partial charge in [-0.15, -0.1) is 16.8 Å².